The number of hydrogen-bond acceptors (Lipinski definition) is 2. The summed E-state index contributed by atoms with van der Waals surface area (Å²) in [6.45, 7) is 4.23. The SMILES string of the molecule is Cc1ccccc1-c1ccc2ccccc2n1.Cc1ccccc1-c1ccc2ccccc2n1.[Ir+3]. The summed E-state index contributed by atoms with van der Waals surface area (Å²) in [7, 11) is 0. The third-order valence-electron chi connectivity index (χ3n) is 6.04. The maximum Gasteiger partial charge on any atom is 3.00 e. The molecule has 0 spiro atoms. The normalized spacial score (nSPS) is 10.3. The number of benzene rings is 4. The van der Waals surface area contributed by atoms with Gasteiger partial charge in [-0.1, -0.05) is 97.1 Å². The van der Waals surface area contributed by atoms with Gasteiger partial charge < -0.3 is 0 Å². The van der Waals surface area contributed by atoms with Crippen molar-refractivity contribution in [2.45, 2.75) is 13.8 Å². The second kappa shape index (κ2) is 11.2. The molecule has 35 heavy (non-hydrogen) atoms. The summed E-state index contributed by atoms with van der Waals surface area (Å²) in [6, 6.07) is 41.5. The van der Waals surface area contributed by atoms with Crippen molar-refractivity contribution in [3.63, 3.8) is 0 Å². The Bertz CT molecular complexity index is 1470. The molecule has 2 nitrogen and oxygen atoms in total. The minimum atomic E-state index is 0. The van der Waals surface area contributed by atoms with Crippen LogP contribution in [0.1, 0.15) is 11.1 Å². The van der Waals surface area contributed by atoms with Crippen molar-refractivity contribution in [1.82, 2.24) is 9.97 Å². The van der Waals surface area contributed by atoms with Crippen molar-refractivity contribution >= 4 is 21.8 Å². The van der Waals surface area contributed by atoms with Crippen LogP contribution in [0.25, 0.3) is 44.3 Å². The Morgan fingerprint density at radius 2 is 0.771 bits per heavy atom. The number of pyridine rings is 2. The summed E-state index contributed by atoms with van der Waals surface area (Å²) in [5.41, 5.74) is 9.12. The Morgan fingerprint density at radius 1 is 0.400 bits per heavy atom. The number of aryl methyl sites for hydroxylation is 2. The molecular formula is C32H26IrN2+3. The predicted octanol–water partition coefficient (Wildman–Crippen LogP) is 8.42. The van der Waals surface area contributed by atoms with E-state index in [1.165, 1.54) is 33.0 Å². The number of para-hydroxylation sites is 2. The van der Waals surface area contributed by atoms with Crippen LogP contribution in [0.3, 0.4) is 0 Å². The fourth-order valence-corrected chi connectivity index (χ4v) is 4.15. The Morgan fingerprint density at radius 3 is 1.20 bits per heavy atom. The van der Waals surface area contributed by atoms with Crippen molar-refractivity contribution in [1.29, 1.82) is 0 Å². The zero-order valence-electron chi connectivity index (χ0n) is 19.8. The molecule has 6 aromatic rings. The molecule has 0 fully saturated rings. The number of rotatable bonds is 2. The average molecular weight is 631 g/mol. The molecule has 4 aromatic carbocycles. The van der Waals surface area contributed by atoms with Gasteiger partial charge in [0.2, 0.25) is 0 Å². The van der Waals surface area contributed by atoms with Gasteiger partial charge in [0, 0.05) is 21.9 Å². The van der Waals surface area contributed by atoms with Crippen LogP contribution in [-0.2, 0) is 20.1 Å². The molecule has 0 unspecified atom stereocenters. The maximum absolute atomic E-state index is 4.71. The first-order chi connectivity index (χ1) is 16.7. The molecule has 0 aliphatic rings. The molecule has 0 atom stereocenters. The van der Waals surface area contributed by atoms with E-state index in [0.29, 0.717) is 0 Å². The Balaban J connectivity index is 0.000000160. The maximum atomic E-state index is 4.71. The van der Waals surface area contributed by atoms with Crippen molar-refractivity contribution in [2.75, 3.05) is 0 Å². The average Bonchev–Trinajstić information content (AvgIpc) is 2.89. The smallest absolute Gasteiger partial charge is 0.248 e. The molecule has 170 valence electrons. The van der Waals surface area contributed by atoms with Gasteiger partial charge >= 0.3 is 20.1 Å². The number of nitrogens with zero attached hydrogens (tertiary/aromatic N) is 2. The van der Waals surface area contributed by atoms with E-state index in [4.69, 9.17) is 9.97 Å². The summed E-state index contributed by atoms with van der Waals surface area (Å²) in [5, 5.41) is 2.37. The molecule has 0 radical (unpaired) electrons. The van der Waals surface area contributed by atoms with Crippen molar-refractivity contribution in [3.8, 4) is 22.5 Å². The first-order valence-corrected chi connectivity index (χ1v) is 11.5. The van der Waals surface area contributed by atoms with E-state index in [1.54, 1.807) is 0 Å². The first kappa shape index (κ1) is 24.5. The third kappa shape index (κ3) is 5.54. The largest absolute Gasteiger partial charge is 3.00 e. The monoisotopic (exact) mass is 631 g/mol. The van der Waals surface area contributed by atoms with Crippen LogP contribution in [-0.4, -0.2) is 9.97 Å². The minimum absolute atomic E-state index is 0. The molecule has 3 heteroatoms. The molecule has 0 N–H and O–H groups in total. The number of hydrogen-bond donors (Lipinski definition) is 0. The second-order valence-corrected chi connectivity index (χ2v) is 8.41. The van der Waals surface area contributed by atoms with Crippen LogP contribution in [0, 0.1) is 13.8 Å². The molecule has 0 saturated heterocycles. The van der Waals surface area contributed by atoms with Gasteiger partial charge in [0.05, 0.1) is 22.4 Å². The fraction of sp³-hybridized carbons (Fsp3) is 0.0625. The predicted molar refractivity (Wildman–Crippen MR) is 144 cm³/mol. The van der Waals surface area contributed by atoms with E-state index in [2.05, 4.69) is 111 Å². The number of fused-ring (bicyclic) bond motifs is 2. The van der Waals surface area contributed by atoms with Crippen LogP contribution < -0.4 is 0 Å². The van der Waals surface area contributed by atoms with E-state index in [9.17, 15) is 0 Å². The Kier molecular flexibility index (Phi) is 7.82. The Labute approximate surface area is 220 Å². The molecule has 2 aromatic heterocycles. The molecular weight excluding hydrogens is 605 g/mol. The quantitative estimate of drug-likeness (QED) is 0.192. The van der Waals surface area contributed by atoms with Crippen molar-refractivity contribution in [3.05, 3.63) is 132 Å². The summed E-state index contributed by atoms with van der Waals surface area (Å²) in [4.78, 5) is 9.41. The summed E-state index contributed by atoms with van der Waals surface area (Å²) < 4.78 is 0. The van der Waals surface area contributed by atoms with Crippen LogP contribution in [0.15, 0.2) is 121 Å². The molecule has 2 heterocycles. The van der Waals surface area contributed by atoms with Gasteiger partial charge in [-0.2, -0.15) is 0 Å². The Hall–Kier alpha value is -3.65. The van der Waals surface area contributed by atoms with Gasteiger partial charge in [-0.05, 0) is 49.2 Å². The molecule has 0 amide bonds. The van der Waals surface area contributed by atoms with Crippen LogP contribution >= 0.6 is 0 Å². The van der Waals surface area contributed by atoms with Gasteiger partial charge in [-0.15, -0.1) is 0 Å². The number of aromatic nitrogens is 2. The summed E-state index contributed by atoms with van der Waals surface area (Å²) >= 11 is 0. The van der Waals surface area contributed by atoms with Gasteiger partial charge in [0.25, 0.3) is 0 Å². The van der Waals surface area contributed by atoms with Gasteiger partial charge in [-0.3, -0.25) is 0 Å². The molecule has 0 saturated carbocycles. The van der Waals surface area contributed by atoms with Crippen LogP contribution in [0.2, 0.25) is 0 Å². The topological polar surface area (TPSA) is 25.8 Å². The van der Waals surface area contributed by atoms with E-state index in [-0.39, 0.29) is 20.1 Å². The first-order valence-electron chi connectivity index (χ1n) is 11.5. The zero-order chi connectivity index (χ0) is 23.3. The van der Waals surface area contributed by atoms with Gasteiger partial charge in [0.15, 0.2) is 0 Å². The van der Waals surface area contributed by atoms with E-state index in [1.807, 2.05) is 24.3 Å². The van der Waals surface area contributed by atoms with E-state index >= 15 is 0 Å². The molecule has 0 bridgehead atoms. The van der Waals surface area contributed by atoms with Gasteiger partial charge in [0.1, 0.15) is 0 Å². The standard InChI is InChI=1S/2C16H13N.Ir/c2*1-12-6-2-4-8-14(12)16-11-10-13-7-3-5-9-15(13)17-16;/h2*2-11H,1H3;/q;;+3. The van der Waals surface area contributed by atoms with Crippen molar-refractivity contribution in [2.24, 2.45) is 0 Å². The third-order valence-corrected chi connectivity index (χ3v) is 6.04. The fourth-order valence-electron chi connectivity index (χ4n) is 4.15. The van der Waals surface area contributed by atoms with Crippen LogP contribution in [0.5, 0.6) is 0 Å². The van der Waals surface area contributed by atoms with Crippen LogP contribution in [0.4, 0.5) is 0 Å². The van der Waals surface area contributed by atoms with Crippen molar-refractivity contribution < 1.29 is 20.1 Å². The molecule has 6 rings (SSSR count). The molecule has 0 aliphatic carbocycles. The van der Waals surface area contributed by atoms with E-state index < -0.39 is 0 Å². The van der Waals surface area contributed by atoms with Gasteiger partial charge in [-0.25, -0.2) is 9.97 Å². The van der Waals surface area contributed by atoms with E-state index in [0.717, 1.165) is 22.4 Å². The second-order valence-electron chi connectivity index (χ2n) is 8.41. The summed E-state index contributed by atoms with van der Waals surface area (Å²) in [6.07, 6.45) is 0. The summed E-state index contributed by atoms with van der Waals surface area (Å²) in [5.74, 6) is 0. The minimum Gasteiger partial charge on any atom is -0.248 e. The molecule has 0 aliphatic heterocycles. The zero-order valence-corrected chi connectivity index (χ0v) is 22.2.